The lowest BCUT2D eigenvalue weighted by molar-refractivity contribution is 0.164. The van der Waals surface area contributed by atoms with Crippen molar-refractivity contribution < 1.29 is 9.84 Å². The average Bonchev–Trinajstić information content (AvgIpc) is 2.71. The predicted molar refractivity (Wildman–Crippen MR) is 64.9 cm³/mol. The fourth-order valence-electron chi connectivity index (χ4n) is 1.90. The minimum absolute atomic E-state index is 0.552. The van der Waals surface area contributed by atoms with E-state index in [2.05, 4.69) is 5.10 Å². The zero-order chi connectivity index (χ0) is 12.3. The Labute approximate surface area is 100 Å². The molecule has 0 aliphatic heterocycles. The Morgan fingerprint density at radius 3 is 2.71 bits per heavy atom. The zero-order valence-corrected chi connectivity index (χ0v) is 10.00. The van der Waals surface area contributed by atoms with E-state index in [1.54, 1.807) is 25.0 Å². The maximum atomic E-state index is 10.2. The smallest absolute Gasteiger partial charge is 0.162 e. The Bertz CT molecular complexity index is 479. The number of hydrogen-bond acceptors (Lipinski definition) is 3. The van der Waals surface area contributed by atoms with E-state index >= 15 is 0 Å². The number of aryl methyl sites for hydroxylation is 1. The largest absolute Gasteiger partial charge is 0.493 e. The molecule has 1 aromatic heterocycles. The summed E-state index contributed by atoms with van der Waals surface area (Å²) in [5, 5.41) is 14.3. The Hall–Kier alpha value is -1.81. The minimum Gasteiger partial charge on any atom is -0.493 e. The first kappa shape index (κ1) is 11.7. The van der Waals surface area contributed by atoms with Gasteiger partial charge in [-0.2, -0.15) is 5.10 Å². The molecule has 0 saturated heterocycles. The van der Waals surface area contributed by atoms with Crippen molar-refractivity contribution in [1.82, 2.24) is 9.78 Å². The van der Waals surface area contributed by atoms with Gasteiger partial charge in [-0.15, -0.1) is 0 Å². The molecule has 1 atom stereocenters. The Balaban J connectivity index is 2.20. The first-order valence-corrected chi connectivity index (χ1v) is 5.50. The molecular weight excluding hydrogens is 216 g/mol. The average molecular weight is 232 g/mol. The fraction of sp³-hybridized carbons (Fsp3) is 0.308. The summed E-state index contributed by atoms with van der Waals surface area (Å²) in [6.07, 6.45) is 1.56. The third-order valence-electron chi connectivity index (χ3n) is 2.76. The van der Waals surface area contributed by atoms with Crippen LogP contribution in [0.1, 0.15) is 17.4 Å². The van der Waals surface area contributed by atoms with Crippen molar-refractivity contribution in [3.8, 4) is 5.75 Å². The van der Waals surface area contributed by atoms with Crippen molar-refractivity contribution in [1.29, 1.82) is 0 Å². The van der Waals surface area contributed by atoms with Crippen LogP contribution in [0.3, 0.4) is 0 Å². The summed E-state index contributed by atoms with van der Waals surface area (Å²) in [6.45, 7) is 0. The van der Waals surface area contributed by atoms with Gasteiger partial charge in [-0.25, -0.2) is 0 Å². The van der Waals surface area contributed by atoms with Crippen molar-refractivity contribution in [2.75, 3.05) is 7.11 Å². The molecule has 0 spiro atoms. The summed E-state index contributed by atoms with van der Waals surface area (Å²) < 4.78 is 6.83. The highest BCUT2D eigenvalue weighted by atomic mass is 16.5. The summed E-state index contributed by atoms with van der Waals surface area (Å²) in [4.78, 5) is 0. The Morgan fingerprint density at radius 2 is 2.06 bits per heavy atom. The quantitative estimate of drug-likeness (QED) is 0.872. The SMILES string of the molecule is COc1cnn(C)c1C(O)Cc1ccccc1. The van der Waals surface area contributed by atoms with Gasteiger partial charge in [0, 0.05) is 13.5 Å². The van der Waals surface area contributed by atoms with E-state index in [-0.39, 0.29) is 0 Å². The van der Waals surface area contributed by atoms with Crippen LogP contribution in [0.25, 0.3) is 0 Å². The molecule has 4 nitrogen and oxygen atoms in total. The van der Waals surface area contributed by atoms with Gasteiger partial charge in [-0.1, -0.05) is 30.3 Å². The fourth-order valence-corrected chi connectivity index (χ4v) is 1.90. The van der Waals surface area contributed by atoms with Crippen molar-refractivity contribution in [2.24, 2.45) is 7.05 Å². The van der Waals surface area contributed by atoms with Gasteiger partial charge in [0.2, 0.25) is 0 Å². The van der Waals surface area contributed by atoms with Gasteiger partial charge < -0.3 is 9.84 Å². The van der Waals surface area contributed by atoms with Crippen LogP contribution in [0, 0.1) is 0 Å². The maximum Gasteiger partial charge on any atom is 0.162 e. The molecule has 0 aliphatic carbocycles. The third kappa shape index (κ3) is 2.47. The highest BCUT2D eigenvalue weighted by molar-refractivity contribution is 5.28. The van der Waals surface area contributed by atoms with Crippen molar-refractivity contribution in [3.63, 3.8) is 0 Å². The van der Waals surface area contributed by atoms with Gasteiger partial charge >= 0.3 is 0 Å². The molecule has 1 heterocycles. The first-order chi connectivity index (χ1) is 8.22. The summed E-state index contributed by atoms with van der Waals surface area (Å²) >= 11 is 0. The van der Waals surface area contributed by atoms with Crippen LogP contribution in [0.5, 0.6) is 5.75 Å². The molecule has 0 radical (unpaired) electrons. The molecule has 0 saturated carbocycles. The number of benzene rings is 1. The highest BCUT2D eigenvalue weighted by Gasteiger charge is 2.18. The van der Waals surface area contributed by atoms with Crippen LogP contribution >= 0.6 is 0 Å². The van der Waals surface area contributed by atoms with Gasteiger partial charge in [0.25, 0.3) is 0 Å². The molecule has 17 heavy (non-hydrogen) atoms. The standard InChI is InChI=1S/C13H16N2O2/c1-15-13(12(17-2)9-14-15)11(16)8-10-6-4-3-5-7-10/h3-7,9,11,16H,8H2,1-2H3. The molecule has 90 valence electrons. The van der Waals surface area contributed by atoms with E-state index in [0.717, 1.165) is 5.56 Å². The molecule has 1 N–H and O–H groups in total. The minimum atomic E-state index is -0.611. The number of rotatable bonds is 4. The van der Waals surface area contributed by atoms with E-state index in [1.165, 1.54) is 0 Å². The summed E-state index contributed by atoms with van der Waals surface area (Å²) in [6, 6.07) is 9.86. The lowest BCUT2D eigenvalue weighted by atomic mass is 10.1. The molecule has 0 bridgehead atoms. The third-order valence-corrected chi connectivity index (χ3v) is 2.76. The van der Waals surface area contributed by atoms with E-state index in [9.17, 15) is 5.11 Å². The second-order valence-corrected chi connectivity index (χ2v) is 3.93. The van der Waals surface area contributed by atoms with Crippen molar-refractivity contribution >= 4 is 0 Å². The number of hydrogen-bond donors (Lipinski definition) is 1. The van der Waals surface area contributed by atoms with E-state index < -0.39 is 6.10 Å². The normalized spacial score (nSPS) is 12.4. The molecule has 0 amide bonds. The summed E-state index contributed by atoms with van der Waals surface area (Å²) in [5.41, 5.74) is 1.79. The van der Waals surface area contributed by atoms with Crippen molar-refractivity contribution in [3.05, 3.63) is 47.8 Å². The van der Waals surface area contributed by atoms with Crippen LogP contribution in [-0.4, -0.2) is 22.0 Å². The molecule has 1 unspecified atom stereocenters. The molecule has 2 aromatic rings. The molecule has 2 rings (SSSR count). The van der Waals surface area contributed by atoms with Crippen molar-refractivity contribution in [2.45, 2.75) is 12.5 Å². The lowest BCUT2D eigenvalue weighted by Crippen LogP contribution is -2.09. The van der Waals surface area contributed by atoms with Gasteiger partial charge in [0.1, 0.15) is 11.8 Å². The number of aliphatic hydroxyl groups is 1. The summed E-state index contributed by atoms with van der Waals surface area (Å²) in [7, 11) is 3.38. The van der Waals surface area contributed by atoms with Gasteiger partial charge in [0.05, 0.1) is 13.3 Å². The molecular formula is C13H16N2O2. The van der Waals surface area contributed by atoms with Crippen LogP contribution in [0.15, 0.2) is 36.5 Å². The van der Waals surface area contributed by atoms with E-state index in [1.807, 2.05) is 30.3 Å². The van der Waals surface area contributed by atoms with Gasteiger partial charge in [-0.05, 0) is 5.56 Å². The topological polar surface area (TPSA) is 47.3 Å². The zero-order valence-electron chi connectivity index (χ0n) is 10.00. The number of methoxy groups -OCH3 is 1. The molecule has 4 heteroatoms. The highest BCUT2D eigenvalue weighted by Crippen LogP contribution is 2.26. The number of ether oxygens (including phenoxy) is 1. The molecule has 1 aromatic carbocycles. The number of aliphatic hydroxyl groups excluding tert-OH is 1. The Morgan fingerprint density at radius 1 is 1.35 bits per heavy atom. The van der Waals surface area contributed by atoms with Crippen LogP contribution in [0.4, 0.5) is 0 Å². The number of aromatic nitrogens is 2. The van der Waals surface area contributed by atoms with Crippen LogP contribution in [0.2, 0.25) is 0 Å². The van der Waals surface area contributed by atoms with Crippen LogP contribution < -0.4 is 4.74 Å². The molecule has 0 aliphatic rings. The summed E-state index contributed by atoms with van der Waals surface area (Å²) in [5.74, 6) is 0.621. The van der Waals surface area contributed by atoms with E-state index in [4.69, 9.17) is 4.74 Å². The molecule has 0 fully saturated rings. The van der Waals surface area contributed by atoms with Gasteiger partial charge in [-0.3, -0.25) is 4.68 Å². The van der Waals surface area contributed by atoms with E-state index in [0.29, 0.717) is 17.9 Å². The second kappa shape index (κ2) is 5.01. The first-order valence-electron chi connectivity index (χ1n) is 5.50. The van der Waals surface area contributed by atoms with Crippen LogP contribution in [-0.2, 0) is 13.5 Å². The maximum absolute atomic E-state index is 10.2. The predicted octanol–water partition coefficient (Wildman–Crippen LogP) is 1.70. The monoisotopic (exact) mass is 232 g/mol. The Kier molecular flexibility index (Phi) is 3.44. The van der Waals surface area contributed by atoms with Gasteiger partial charge in [0.15, 0.2) is 5.75 Å². The number of nitrogens with zero attached hydrogens (tertiary/aromatic N) is 2. The lowest BCUT2D eigenvalue weighted by Gasteiger charge is -2.12. The second-order valence-electron chi connectivity index (χ2n) is 3.93.